The molecule has 3 nitrogen and oxygen atoms in total. The molecule has 1 aliphatic rings. The molecule has 2 aromatic rings. The van der Waals surface area contributed by atoms with Gasteiger partial charge in [-0.2, -0.15) is 0 Å². The topological polar surface area (TPSA) is 54.7 Å². The maximum Gasteiger partial charge on any atom is 0.137 e. The van der Waals surface area contributed by atoms with Crippen LogP contribution < -0.4 is 5.73 Å². The summed E-state index contributed by atoms with van der Waals surface area (Å²) < 4.78 is 0. The zero-order valence-corrected chi connectivity index (χ0v) is 8.66. The van der Waals surface area contributed by atoms with Crippen molar-refractivity contribution >= 4 is 11.0 Å². The van der Waals surface area contributed by atoms with E-state index in [0.717, 1.165) is 18.5 Å². The lowest BCUT2D eigenvalue weighted by atomic mass is 10.1. The third kappa shape index (κ3) is 1.75. The molecule has 0 spiro atoms. The molecule has 78 valence electrons. The van der Waals surface area contributed by atoms with Gasteiger partial charge < -0.3 is 10.7 Å². The molecule has 2 heterocycles. The molecule has 0 unspecified atom stereocenters. The summed E-state index contributed by atoms with van der Waals surface area (Å²) in [5.74, 6) is 0. The molecule has 3 heteroatoms. The molecule has 0 bridgehead atoms. The van der Waals surface area contributed by atoms with Crippen LogP contribution in [0.5, 0.6) is 0 Å². The van der Waals surface area contributed by atoms with Crippen molar-refractivity contribution in [2.45, 2.75) is 31.2 Å². The van der Waals surface area contributed by atoms with Gasteiger partial charge in [0, 0.05) is 22.8 Å². The Labute approximate surface area is 88.7 Å². The van der Waals surface area contributed by atoms with Crippen LogP contribution in [0.1, 0.15) is 25.0 Å². The first kappa shape index (κ1) is 8.92. The van der Waals surface area contributed by atoms with Gasteiger partial charge in [-0.3, -0.25) is 0 Å². The first-order valence-electron chi connectivity index (χ1n) is 5.47. The van der Waals surface area contributed by atoms with Crippen molar-refractivity contribution in [3.63, 3.8) is 0 Å². The second kappa shape index (κ2) is 3.07. The molecule has 0 aliphatic heterocycles. The Bertz CT molecular complexity index is 449. The van der Waals surface area contributed by atoms with E-state index in [4.69, 9.17) is 5.73 Å². The maximum absolute atomic E-state index is 6.06. The minimum Gasteiger partial charge on any atom is -0.343 e. The molecule has 0 radical (unpaired) electrons. The summed E-state index contributed by atoms with van der Waals surface area (Å²) in [5.41, 5.74) is 8.43. The van der Waals surface area contributed by atoms with Crippen molar-refractivity contribution in [1.29, 1.82) is 0 Å². The van der Waals surface area contributed by atoms with E-state index in [1.807, 2.05) is 12.3 Å². The average Bonchev–Trinajstić information content (AvgIpc) is 2.83. The van der Waals surface area contributed by atoms with E-state index in [2.05, 4.69) is 22.1 Å². The highest BCUT2D eigenvalue weighted by molar-refractivity contribution is 5.76. The van der Waals surface area contributed by atoms with Crippen molar-refractivity contribution in [2.24, 2.45) is 5.73 Å². The highest BCUT2D eigenvalue weighted by atomic mass is 14.9. The van der Waals surface area contributed by atoms with Gasteiger partial charge in [-0.1, -0.05) is 0 Å². The Hall–Kier alpha value is -1.35. The molecule has 3 N–H and O–H groups in total. The summed E-state index contributed by atoms with van der Waals surface area (Å²) in [6.45, 7) is 0. The number of nitrogens with two attached hydrogens (primary N) is 1. The number of aryl methyl sites for hydroxylation is 1. The molecular formula is C12H15N3. The van der Waals surface area contributed by atoms with Gasteiger partial charge in [0.2, 0.25) is 0 Å². The molecule has 3 rings (SSSR count). The number of nitrogens with one attached hydrogen (secondary N) is 1. The standard InChI is InChI=1S/C12H15N3/c13-12(5-6-12)4-3-10-8-9-2-1-7-14-11(9)15-10/h1-2,7-8H,3-6,13H2,(H,14,15). The van der Waals surface area contributed by atoms with Gasteiger partial charge in [0.05, 0.1) is 0 Å². The van der Waals surface area contributed by atoms with Crippen LogP contribution >= 0.6 is 0 Å². The van der Waals surface area contributed by atoms with E-state index in [1.54, 1.807) is 0 Å². The molecule has 1 fully saturated rings. The van der Waals surface area contributed by atoms with Gasteiger partial charge >= 0.3 is 0 Å². The highest BCUT2D eigenvalue weighted by Gasteiger charge is 2.37. The van der Waals surface area contributed by atoms with Crippen LogP contribution in [0.15, 0.2) is 24.4 Å². The molecule has 2 aromatic heterocycles. The third-order valence-electron chi connectivity index (χ3n) is 3.23. The number of pyridine rings is 1. The summed E-state index contributed by atoms with van der Waals surface area (Å²) >= 11 is 0. The van der Waals surface area contributed by atoms with Crippen molar-refractivity contribution in [3.8, 4) is 0 Å². The molecule has 1 saturated carbocycles. The number of rotatable bonds is 3. The fraction of sp³-hybridized carbons (Fsp3) is 0.417. The van der Waals surface area contributed by atoms with Crippen molar-refractivity contribution < 1.29 is 0 Å². The van der Waals surface area contributed by atoms with Crippen molar-refractivity contribution in [2.75, 3.05) is 0 Å². The van der Waals surface area contributed by atoms with E-state index < -0.39 is 0 Å². The largest absolute Gasteiger partial charge is 0.343 e. The van der Waals surface area contributed by atoms with E-state index in [9.17, 15) is 0 Å². The second-order valence-electron chi connectivity index (χ2n) is 4.60. The summed E-state index contributed by atoms with van der Waals surface area (Å²) in [6, 6.07) is 6.22. The van der Waals surface area contributed by atoms with Crippen LogP contribution in [0.4, 0.5) is 0 Å². The van der Waals surface area contributed by atoms with Crippen LogP contribution in [0.25, 0.3) is 11.0 Å². The SMILES string of the molecule is NC1(CCc2cc3cccnc3[nH]2)CC1. The number of hydrogen-bond donors (Lipinski definition) is 2. The van der Waals surface area contributed by atoms with E-state index >= 15 is 0 Å². The van der Waals surface area contributed by atoms with Crippen LogP contribution in [0, 0.1) is 0 Å². The molecule has 0 atom stereocenters. The molecule has 0 saturated heterocycles. The van der Waals surface area contributed by atoms with Crippen LogP contribution in [-0.4, -0.2) is 15.5 Å². The highest BCUT2D eigenvalue weighted by Crippen LogP contribution is 2.36. The number of hydrogen-bond acceptors (Lipinski definition) is 2. The van der Waals surface area contributed by atoms with Gasteiger partial charge in [0.1, 0.15) is 5.65 Å². The summed E-state index contributed by atoms with van der Waals surface area (Å²) in [5, 5.41) is 1.19. The monoisotopic (exact) mass is 201 g/mol. The lowest BCUT2D eigenvalue weighted by Crippen LogP contribution is -2.22. The molecule has 1 aliphatic carbocycles. The van der Waals surface area contributed by atoms with Crippen molar-refractivity contribution in [1.82, 2.24) is 9.97 Å². The average molecular weight is 201 g/mol. The summed E-state index contributed by atoms with van der Waals surface area (Å²) in [7, 11) is 0. The smallest absolute Gasteiger partial charge is 0.137 e. The Balaban J connectivity index is 1.79. The Kier molecular flexibility index (Phi) is 1.83. The van der Waals surface area contributed by atoms with Crippen molar-refractivity contribution in [3.05, 3.63) is 30.1 Å². The van der Waals surface area contributed by atoms with Gasteiger partial charge in [-0.15, -0.1) is 0 Å². The number of aromatic amines is 1. The first-order valence-corrected chi connectivity index (χ1v) is 5.47. The minimum absolute atomic E-state index is 0.144. The zero-order valence-electron chi connectivity index (χ0n) is 8.66. The van der Waals surface area contributed by atoms with Gasteiger partial charge in [0.25, 0.3) is 0 Å². The third-order valence-corrected chi connectivity index (χ3v) is 3.23. The molecule has 0 aromatic carbocycles. The number of H-pyrrole nitrogens is 1. The van der Waals surface area contributed by atoms with E-state index in [-0.39, 0.29) is 5.54 Å². The van der Waals surface area contributed by atoms with Gasteiger partial charge in [0.15, 0.2) is 0 Å². The fourth-order valence-electron chi connectivity index (χ4n) is 1.94. The fourth-order valence-corrected chi connectivity index (χ4v) is 1.94. The first-order chi connectivity index (χ1) is 7.25. The maximum atomic E-state index is 6.06. The minimum atomic E-state index is 0.144. The Morgan fingerprint density at radius 3 is 3.07 bits per heavy atom. The normalized spacial score (nSPS) is 18.2. The molecular weight excluding hydrogens is 186 g/mol. The predicted octanol–water partition coefficient (Wildman–Crippen LogP) is 1.99. The number of nitrogens with zero attached hydrogens (tertiary/aromatic N) is 1. The molecule has 0 amide bonds. The quantitative estimate of drug-likeness (QED) is 0.797. The Morgan fingerprint density at radius 2 is 2.33 bits per heavy atom. The number of fused-ring (bicyclic) bond motifs is 1. The van der Waals surface area contributed by atoms with Crippen LogP contribution in [-0.2, 0) is 6.42 Å². The van der Waals surface area contributed by atoms with Gasteiger partial charge in [-0.25, -0.2) is 4.98 Å². The number of aromatic nitrogens is 2. The van der Waals surface area contributed by atoms with Gasteiger partial charge in [-0.05, 0) is 43.9 Å². The summed E-state index contributed by atoms with van der Waals surface area (Å²) in [4.78, 5) is 7.60. The van der Waals surface area contributed by atoms with E-state index in [0.29, 0.717) is 0 Å². The van der Waals surface area contributed by atoms with Crippen LogP contribution in [0.3, 0.4) is 0 Å². The summed E-state index contributed by atoms with van der Waals surface area (Å²) in [6.07, 6.45) is 6.30. The lowest BCUT2D eigenvalue weighted by Gasteiger charge is -2.05. The molecule has 15 heavy (non-hydrogen) atoms. The predicted molar refractivity (Wildman–Crippen MR) is 60.6 cm³/mol. The van der Waals surface area contributed by atoms with Crippen LogP contribution in [0.2, 0.25) is 0 Å². The zero-order chi connectivity index (χ0) is 10.3. The Morgan fingerprint density at radius 1 is 1.47 bits per heavy atom. The lowest BCUT2D eigenvalue weighted by molar-refractivity contribution is 0.605. The second-order valence-corrected chi connectivity index (χ2v) is 4.60. The van der Waals surface area contributed by atoms with E-state index in [1.165, 1.54) is 23.9 Å².